The summed E-state index contributed by atoms with van der Waals surface area (Å²) in [7, 11) is 1.90. The van der Waals surface area contributed by atoms with Gasteiger partial charge in [0.2, 0.25) is 0 Å². The Balaban J connectivity index is 1.47. The summed E-state index contributed by atoms with van der Waals surface area (Å²) >= 11 is 6.03. The van der Waals surface area contributed by atoms with Crippen molar-refractivity contribution in [2.75, 3.05) is 51.3 Å². The molecule has 1 aromatic carbocycles. The Kier molecular flexibility index (Phi) is 5.31. The first kappa shape index (κ1) is 18.3. The second-order valence-corrected chi connectivity index (χ2v) is 7.53. The first-order chi connectivity index (χ1) is 13.1. The topological polar surface area (TPSA) is 61.8 Å². The van der Waals surface area contributed by atoms with Gasteiger partial charge in [-0.1, -0.05) is 11.6 Å². The third-order valence-corrected chi connectivity index (χ3v) is 5.58. The number of ether oxygens (including phenoxy) is 1. The molecular formula is C19H24ClN5O2. The second-order valence-electron chi connectivity index (χ2n) is 7.10. The molecule has 0 aliphatic carbocycles. The number of carbonyl (C=O) groups is 1. The van der Waals surface area contributed by atoms with Crippen LogP contribution in [-0.2, 0) is 4.74 Å². The standard InChI is InChI=1S/C19H24ClN5O2/c1-23(19(26)24-7-9-27-10-8-24)15-3-2-6-25(13-15)18-12-21-17-11-14(20)4-5-16(17)22-18/h4-5,11-12,15H,2-3,6-10,13H2,1H3. The van der Waals surface area contributed by atoms with Crippen LogP contribution in [0.5, 0.6) is 0 Å². The number of halogens is 1. The number of carbonyl (C=O) groups excluding carboxylic acids is 1. The zero-order valence-corrected chi connectivity index (χ0v) is 16.2. The van der Waals surface area contributed by atoms with Gasteiger partial charge in [-0.05, 0) is 31.0 Å². The molecular weight excluding hydrogens is 366 g/mol. The number of nitrogens with zero attached hydrogens (tertiary/aromatic N) is 5. The Hall–Kier alpha value is -2.12. The van der Waals surface area contributed by atoms with Crippen LogP contribution in [0.4, 0.5) is 10.6 Å². The lowest BCUT2D eigenvalue weighted by molar-refractivity contribution is 0.0414. The van der Waals surface area contributed by atoms with E-state index in [-0.39, 0.29) is 12.1 Å². The van der Waals surface area contributed by atoms with Crippen molar-refractivity contribution in [1.29, 1.82) is 0 Å². The summed E-state index contributed by atoms with van der Waals surface area (Å²) < 4.78 is 5.35. The van der Waals surface area contributed by atoms with Crippen molar-refractivity contribution in [3.8, 4) is 0 Å². The molecule has 0 saturated carbocycles. The molecule has 8 heteroatoms. The smallest absolute Gasteiger partial charge is 0.320 e. The average molecular weight is 390 g/mol. The molecule has 1 unspecified atom stereocenters. The number of rotatable bonds is 2. The molecule has 2 fully saturated rings. The third kappa shape index (κ3) is 3.94. The Labute approximate surface area is 163 Å². The van der Waals surface area contributed by atoms with E-state index in [0.29, 0.717) is 31.3 Å². The van der Waals surface area contributed by atoms with Crippen LogP contribution < -0.4 is 4.90 Å². The SMILES string of the molecule is CN(C(=O)N1CCOCC1)C1CCCN(c2cnc3cc(Cl)ccc3n2)C1. The number of likely N-dealkylation sites (N-methyl/N-ethyl adjacent to an activating group) is 1. The van der Waals surface area contributed by atoms with Gasteiger partial charge in [0.1, 0.15) is 5.82 Å². The van der Waals surface area contributed by atoms with Gasteiger partial charge in [0.05, 0.1) is 36.5 Å². The number of hydrogen-bond acceptors (Lipinski definition) is 5. The first-order valence-electron chi connectivity index (χ1n) is 9.38. The highest BCUT2D eigenvalue weighted by Crippen LogP contribution is 2.23. The normalized spacial score (nSPS) is 20.7. The molecule has 3 heterocycles. The highest BCUT2D eigenvalue weighted by molar-refractivity contribution is 6.31. The minimum atomic E-state index is 0.0874. The Bertz CT molecular complexity index is 827. The summed E-state index contributed by atoms with van der Waals surface area (Å²) in [5.74, 6) is 0.849. The van der Waals surface area contributed by atoms with E-state index in [0.717, 1.165) is 42.8 Å². The van der Waals surface area contributed by atoms with Gasteiger partial charge in [-0.3, -0.25) is 4.98 Å². The molecule has 0 radical (unpaired) electrons. The number of aromatic nitrogens is 2. The van der Waals surface area contributed by atoms with Crippen LogP contribution in [-0.4, -0.2) is 78.3 Å². The maximum Gasteiger partial charge on any atom is 0.320 e. The van der Waals surface area contributed by atoms with Gasteiger partial charge >= 0.3 is 6.03 Å². The van der Waals surface area contributed by atoms with Gasteiger partial charge in [-0.25, -0.2) is 9.78 Å². The van der Waals surface area contributed by atoms with Crippen LogP contribution in [0.3, 0.4) is 0 Å². The lowest BCUT2D eigenvalue weighted by atomic mass is 10.0. The van der Waals surface area contributed by atoms with E-state index in [1.165, 1.54) is 0 Å². The summed E-state index contributed by atoms with van der Waals surface area (Å²) in [5.41, 5.74) is 1.62. The quantitative estimate of drug-likeness (QED) is 0.790. The van der Waals surface area contributed by atoms with Crippen LogP contribution >= 0.6 is 11.6 Å². The molecule has 2 amide bonds. The van der Waals surface area contributed by atoms with E-state index in [1.807, 2.05) is 35.0 Å². The second kappa shape index (κ2) is 7.86. The maximum atomic E-state index is 12.8. The first-order valence-corrected chi connectivity index (χ1v) is 9.76. The van der Waals surface area contributed by atoms with Crippen molar-refractivity contribution in [1.82, 2.24) is 19.8 Å². The van der Waals surface area contributed by atoms with E-state index in [2.05, 4.69) is 9.88 Å². The van der Waals surface area contributed by atoms with Gasteiger partial charge in [0.15, 0.2) is 0 Å². The zero-order chi connectivity index (χ0) is 18.8. The van der Waals surface area contributed by atoms with Crippen molar-refractivity contribution in [3.63, 3.8) is 0 Å². The van der Waals surface area contributed by atoms with E-state index in [4.69, 9.17) is 21.3 Å². The summed E-state index contributed by atoms with van der Waals surface area (Å²) in [6.07, 6.45) is 3.82. The van der Waals surface area contributed by atoms with Gasteiger partial charge in [0, 0.05) is 38.2 Å². The lowest BCUT2D eigenvalue weighted by Gasteiger charge is -2.40. The summed E-state index contributed by atoms with van der Waals surface area (Å²) in [5, 5.41) is 0.658. The molecule has 2 aliphatic heterocycles. The predicted molar refractivity (Wildman–Crippen MR) is 105 cm³/mol. The van der Waals surface area contributed by atoms with Crippen LogP contribution in [0.1, 0.15) is 12.8 Å². The lowest BCUT2D eigenvalue weighted by Crippen LogP contribution is -2.54. The van der Waals surface area contributed by atoms with Crippen molar-refractivity contribution >= 4 is 34.5 Å². The minimum Gasteiger partial charge on any atom is -0.378 e. The molecule has 2 aromatic rings. The van der Waals surface area contributed by atoms with Gasteiger partial charge in [0.25, 0.3) is 0 Å². The number of benzene rings is 1. The van der Waals surface area contributed by atoms with Gasteiger partial charge < -0.3 is 19.4 Å². The van der Waals surface area contributed by atoms with Crippen LogP contribution in [0.15, 0.2) is 24.4 Å². The number of piperidine rings is 1. The number of fused-ring (bicyclic) bond motifs is 1. The average Bonchev–Trinajstić information content (AvgIpc) is 2.73. The largest absolute Gasteiger partial charge is 0.378 e. The number of amides is 2. The molecule has 0 N–H and O–H groups in total. The fourth-order valence-corrected chi connectivity index (χ4v) is 3.91. The van der Waals surface area contributed by atoms with E-state index >= 15 is 0 Å². The number of anilines is 1. The van der Waals surface area contributed by atoms with Crippen molar-refractivity contribution in [2.45, 2.75) is 18.9 Å². The highest BCUT2D eigenvalue weighted by Gasteiger charge is 2.30. The highest BCUT2D eigenvalue weighted by atomic mass is 35.5. The molecule has 0 bridgehead atoms. The summed E-state index contributed by atoms with van der Waals surface area (Å²) in [4.78, 5) is 28.0. The maximum absolute atomic E-state index is 12.8. The molecule has 7 nitrogen and oxygen atoms in total. The summed E-state index contributed by atoms with van der Waals surface area (Å²) in [6.45, 7) is 4.25. The molecule has 2 aliphatic rings. The fraction of sp³-hybridized carbons (Fsp3) is 0.526. The number of hydrogen-bond donors (Lipinski definition) is 0. The number of urea groups is 1. The van der Waals surface area contributed by atoms with Crippen LogP contribution in [0.25, 0.3) is 11.0 Å². The van der Waals surface area contributed by atoms with Crippen LogP contribution in [0, 0.1) is 0 Å². The van der Waals surface area contributed by atoms with Crippen molar-refractivity contribution in [2.24, 2.45) is 0 Å². The predicted octanol–water partition coefficient (Wildman–Crippen LogP) is 2.64. The molecule has 144 valence electrons. The van der Waals surface area contributed by atoms with E-state index < -0.39 is 0 Å². The minimum absolute atomic E-state index is 0.0874. The van der Waals surface area contributed by atoms with E-state index in [9.17, 15) is 4.79 Å². The molecule has 0 spiro atoms. The summed E-state index contributed by atoms with van der Waals surface area (Å²) in [6, 6.07) is 5.79. The third-order valence-electron chi connectivity index (χ3n) is 5.34. The molecule has 1 atom stereocenters. The van der Waals surface area contributed by atoms with Gasteiger partial charge in [-0.2, -0.15) is 0 Å². The molecule has 27 heavy (non-hydrogen) atoms. The Morgan fingerprint density at radius 3 is 2.89 bits per heavy atom. The van der Waals surface area contributed by atoms with Gasteiger partial charge in [-0.15, -0.1) is 0 Å². The number of morpholine rings is 1. The fourth-order valence-electron chi connectivity index (χ4n) is 3.74. The Morgan fingerprint density at radius 1 is 1.26 bits per heavy atom. The molecule has 4 rings (SSSR count). The van der Waals surface area contributed by atoms with Crippen molar-refractivity contribution < 1.29 is 9.53 Å². The Morgan fingerprint density at radius 2 is 2.07 bits per heavy atom. The van der Waals surface area contributed by atoms with Crippen molar-refractivity contribution in [3.05, 3.63) is 29.4 Å². The molecule has 2 saturated heterocycles. The monoisotopic (exact) mass is 389 g/mol. The molecule has 1 aromatic heterocycles. The van der Waals surface area contributed by atoms with Crippen LogP contribution in [0.2, 0.25) is 5.02 Å². The zero-order valence-electron chi connectivity index (χ0n) is 15.5. The van der Waals surface area contributed by atoms with E-state index in [1.54, 1.807) is 6.20 Å².